The summed E-state index contributed by atoms with van der Waals surface area (Å²) in [6.07, 6.45) is 2.73. The van der Waals surface area contributed by atoms with Gasteiger partial charge >= 0.3 is 5.69 Å². The van der Waals surface area contributed by atoms with Gasteiger partial charge in [-0.05, 0) is 37.5 Å². The molecule has 2 aromatic heterocycles. The highest BCUT2D eigenvalue weighted by Gasteiger charge is 2.28. The zero-order valence-corrected chi connectivity index (χ0v) is 17.6. The van der Waals surface area contributed by atoms with E-state index in [1.165, 1.54) is 4.57 Å². The normalized spacial score (nSPS) is 13.5. The summed E-state index contributed by atoms with van der Waals surface area (Å²) in [5.74, 6) is 0.690. The van der Waals surface area contributed by atoms with E-state index in [4.69, 9.17) is 0 Å². The Morgan fingerprint density at radius 1 is 1.27 bits per heavy atom. The number of hydrogen-bond donors (Lipinski definition) is 2. The predicted molar refractivity (Wildman–Crippen MR) is 118 cm³/mol. The number of H-pyrrole nitrogens is 1. The number of aromatic amines is 1. The fourth-order valence-electron chi connectivity index (χ4n) is 3.44. The Hall–Kier alpha value is -2.87. The average molecular weight is 425 g/mol. The molecule has 156 valence electrons. The highest BCUT2D eigenvalue weighted by molar-refractivity contribution is 7.99. The third-order valence-electron chi connectivity index (χ3n) is 5.06. The van der Waals surface area contributed by atoms with Crippen molar-refractivity contribution >= 4 is 28.7 Å². The van der Waals surface area contributed by atoms with Crippen LogP contribution in [0.5, 0.6) is 0 Å². The number of thioether (sulfide) groups is 1. The van der Waals surface area contributed by atoms with Crippen molar-refractivity contribution in [3.63, 3.8) is 0 Å². The monoisotopic (exact) mass is 424 g/mol. The van der Waals surface area contributed by atoms with Crippen molar-refractivity contribution in [2.45, 2.75) is 43.5 Å². The second-order valence-corrected chi connectivity index (χ2v) is 8.56. The molecule has 0 bridgehead atoms. The third kappa shape index (κ3) is 4.33. The molecule has 0 radical (unpaired) electrons. The van der Waals surface area contributed by atoms with E-state index in [1.54, 1.807) is 17.8 Å². The van der Waals surface area contributed by atoms with E-state index in [0.29, 0.717) is 36.8 Å². The zero-order valence-electron chi connectivity index (χ0n) is 16.8. The maximum atomic E-state index is 13.0. The van der Waals surface area contributed by atoms with E-state index < -0.39 is 11.2 Å². The fourth-order valence-corrected chi connectivity index (χ4v) is 4.23. The molecule has 1 aromatic carbocycles. The summed E-state index contributed by atoms with van der Waals surface area (Å²) in [5, 5.41) is 3.09. The summed E-state index contributed by atoms with van der Waals surface area (Å²) in [4.78, 5) is 46.0. The van der Waals surface area contributed by atoms with Gasteiger partial charge in [0.05, 0.1) is 10.9 Å². The molecule has 0 atom stereocenters. The number of carbonyl (C=O) groups excluding carboxylic acids is 1. The second kappa shape index (κ2) is 8.87. The number of amides is 1. The molecule has 1 fully saturated rings. The molecule has 3 aromatic rings. The van der Waals surface area contributed by atoms with Gasteiger partial charge in [-0.1, -0.05) is 25.1 Å². The Morgan fingerprint density at radius 2 is 2.03 bits per heavy atom. The summed E-state index contributed by atoms with van der Waals surface area (Å²) >= 11 is 1.65. The van der Waals surface area contributed by atoms with E-state index >= 15 is 0 Å². The fraction of sp³-hybridized carbons (Fsp3) is 0.364. The standard InChI is InChI=1S/C22H24N4O3S/c1-2-11-26-19-18(21(28)25-22(26)29)16(13-17(24-19)14-8-9-14)20(27)23-10-12-30-15-6-4-3-5-7-15/h3-7,13-14H,2,8-12H2,1H3,(H,23,27)(H,25,28,29). The van der Waals surface area contributed by atoms with Crippen molar-refractivity contribution in [3.8, 4) is 0 Å². The van der Waals surface area contributed by atoms with Gasteiger partial charge in [0, 0.05) is 35.3 Å². The van der Waals surface area contributed by atoms with Gasteiger partial charge < -0.3 is 5.32 Å². The minimum absolute atomic E-state index is 0.181. The minimum atomic E-state index is -0.569. The molecule has 2 N–H and O–H groups in total. The zero-order chi connectivity index (χ0) is 21.1. The number of pyridine rings is 1. The van der Waals surface area contributed by atoms with Crippen LogP contribution >= 0.6 is 11.8 Å². The van der Waals surface area contributed by atoms with E-state index in [2.05, 4.69) is 15.3 Å². The van der Waals surface area contributed by atoms with Gasteiger partial charge in [0.1, 0.15) is 0 Å². The molecular formula is C22H24N4O3S. The second-order valence-electron chi connectivity index (χ2n) is 7.40. The van der Waals surface area contributed by atoms with Gasteiger partial charge in [0.25, 0.3) is 11.5 Å². The molecule has 1 amide bonds. The van der Waals surface area contributed by atoms with Crippen LogP contribution in [0.2, 0.25) is 0 Å². The van der Waals surface area contributed by atoms with Crippen molar-refractivity contribution in [2.24, 2.45) is 0 Å². The summed E-state index contributed by atoms with van der Waals surface area (Å²) in [6, 6.07) is 11.7. The lowest BCUT2D eigenvalue weighted by Gasteiger charge is -2.13. The van der Waals surface area contributed by atoms with Gasteiger partial charge in [-0.25, -0.2) is 9.78 Å². The molecular weight excluding hydrogens is 400 g/mol. The lowest BCUT2D eigenvalue weighted by Crippen LogP contribution is -2.34. The molecule has 2 heterocycles. The number of carbonyl (C=O) groups is 1. The Balaban J connectivity index is 1.63. The van der Waals surface area contributed by atoms with Crippen molar-refractivity contribution < 1.29 is 4.79 Å². The van der Waals surface area contributed by atoms with Crippen LogP contribution in [-0.4, -0.2) is 32.7 Å². The number of fused-ring (bicyclic) bond motifs is 1. The van der Waals surface area contributed by atoms with Crippen molar-refractivity contribution in [3.05, 3.63) is 68.5 Å². The number of aryl methyl sites for hydroxylation is 1. The summed E-state index contributed by atoms with van der Waals surface area (Å²) in [7, 11) is 0. The van der Waals surface area contributed by atoms with Crippen molar-refractivity contribution in [2.75, 3.05) is 12.3 Å². The maximum Gasteiger partial charge on any atom is 0.329 e. The van der Waals surface area contributed by atoms with Crippen LogP contribution in [0.3, 0.4) is 0 Å². The van der Waals surface area contributed by atoms with Gasteiger partial charge in [0.15, 0.2) is 5.65 Å². The number of nitrogens with zero attached hydrogens (tertiary/aromatic N) is 2. The molecule has 0 unspecified atom stereocenters. The average Bonchev–Trinajstić information content (AvgIpc) is 3.59. The Labute approximate surface area is 177 Å². The topological polar surface area (TPSA) is 96.9 Å². The smallest absolute Gasteiger partial charge is 0.329 e. The molecule has 7 nitrogen and oxygen atoms in total. The third-order valence-corrected chi connectivity index (χ3v) is 6.07. The van der Waals surface area contributed by atoms with Crippen LogP contribution in [-0.2, 0) is 6.54 Å². The first-order chi connectivity index (χ1) is 14.6. The van der Waals surface area contributed by atoms with E-state index in [0.717, 1.165) is 23.4 Å². The number of aromatic nitrogens is 3. The minimum Gasteiger partial charge on any atom is -0.351 e. The summed E-state index contributed by atoms with van der Waals surface area (Å²) < 4.78 is 1.46. The highest BCUT2D eigenvalue weighted by Crippen LogP contribution is 2.39. The Morgan fingerprint density at radius 3 is 2.73 bits per heavy atom. The SMILES string of the molecule is CCCn1c(=O)[nH]c(=O)c2c(C(=O)NCCSc3ccccc3)cc(C3CC3)nc21. The lowest BCUT2D eigenvalue weighted by molar-refractivity contribution is 0.0957. The van der Waals surface area contributed by atoms with Crippen LogP contribution in [0.15, 0.2) is 50.9 Å². The number of nitrogens with one attached hydrogen (secondary N) is 2. The molecule has 8 heteroatoms. The number of benzene rings is 1. The van der Waals surface area contributed by atoms with Crippen LogP contribution in [0, 0.1) is 0 Å². The molecule has 0 spiro atoms. The van der Waals surface area contributed by atoms with Crippen LogP contribution in [0.25, 0.3) is 11.0 Å². The van der Waals surface area contributed by atoms with Crippen molar-refractivity contribution in [1.82, 2.24) is 19.9 Å². The quantitative estimate of drug-likeness (QED) is 0.428. The van der Waals surface area contributed by atoms with E-state index in [1.807, 2.05) is 37.3 Å². The highest BCUT2D eigenvalue weighted by atomic mass is 32.2. The Bertz CT molecular complexity index is 1180. The molecule has 1 aliphatic carbocycles. The van der Waals surface area contributed by atoms with E-state index in [9.17, 15) is 14.4 Å². The number of hydrogen-bond acceptors (Lipinski definition) is 5. The van der Waals surface area contributed by atoms with Gasteiger partial charge in [0.2, 0.25) is 0 Å². The Kier molecular flexibility index (Phi) is 6.03. The molecule has 0 aliphatic heterocycles. The lowest BCUT2D eigenvalue weighted by atomic mass is 10.1. The first kappa shape index (κ1) is 20.4. The van der Waals surface area contributed by atoms with Crippen LogP contribution in [0.4, 0.5) is 0 Å². The first-order valence-corrected chi connectivity index (χ1v) is 11.2. The number of rotatable bonds is 8. The van der Waals surface area contributed by atoms with Gasteiger partial charge in [-0.15, -0.1) is 11.8 Å². The summed E-state index contributed by atoms with van der Waals surface area (Å²) in [6.45, 7) is 2.85. The first-order valence-electron chi connectivity index (χ1n) is 10.2. The molecule has 1 saturated carbocycles. The molecule has 1 aliphatic rings. The van der Waals surface area contributed by atoms with Crippen LogP contribution < -0.4 is 16.6 Å². The molecule has 0 saturated heterocycles. The van der Waals surface area contributed by atoms with E-state index in [-0.39, 0.29) is 16.9 Å². The summed E-state index contributed by atoms with van der Waals surface area (Å²) in [5.41, 5.74) is 0.319. The molecule has 4 rings (SSSR count). The molecule has 30 heavy (non-hydrogen) atoms. The van der Waals surface area contributed by atoms with Crippen LogP contribution in [0.1, 0.15) is 48.2 Å². The predicted octanol–water partition coefficient (Wildman–Crippen LogP) is 2.89. The van der Waals surface area contributed by atoms with Gasteiger partial charge in [-0.3, -0.25) is 19.1 Å². The maximum absolute atomic E-state index is 13.0. The van der Waals surface area contributed by atoms with Gasteiger partial charge in [-0.2, -0.15) is 0 Å². The largest absolute Gasteiger partial charge is 0.351 e. The van der Waals surface area contributed by atoms with Crippen molar-refractivity contribution in [1.29, 1.82) is 0 Å².